The number of aldehydes is 1. The SMILES string of the molecule is [B]C(O)(Nc1cccc2c1CN(C(CCC=O)C(=O)NC)C2=O)c1cc(CN2CCOCC2)ccc1F. The zero-order chi connectivity index (χ0) is 26.6. The highest BCUT2D eigenvalue weighted by molar-refractivity contribution is 6.16. The van der Waals surface area contributed by atoms with Crippen molar-refractivity contribution < 1.29 is 28.6 Å². The number of anilines is 1. The van der Waals surface area contributed by atoms with Crippen molar-refractivity contribution in [2.24, 2.45) is 0 Å². The minimum atomic E-state index is -2.28. The number of hydrogen-bond acceptors (Lipinski definition) is 7. The largest absolute Gasteiger partial charge is 0.379 e. The zero-order valence-corrected chi connectivity index (χ0v) is 20.7. The molecule has 2 aromatic carbocycles. The third-order valence-corrected chi connectivity index (χ3v) is 6.76. The van der Waals surface area contributed by atoms with Crippen molar-refractivity contribution in [3.8, 4) is 0 Å². The van der Waals surface area contributed by atoms with E-state index in [0.717, 1.165) is 18.7 Å². The normalized spacial score (nSPS) is 18.1. The van der Waals surface area contributed by atoms with Crippen LogP contribution in [-0.2, 0) is 33.0 Å². The maximum atomic E-state index is 14.8. The lowest BCUT2D eigenvalue weighted by Crippen LogP contribution is -2.46. The van der Waals surface area contributed by atoms with Crippen LogP contribution in [0.3, 0.4) is 0 Å². The summed E-state index contributed by atoms with van der Waals surface area (Å²) in [5.74, 6) is -1.44. The highest BCUT2D eigenvalue weighted by Gasteiger charge is 2.38. The number of fused-ring (bicyclic) bond motifs is 1. The van der Waals surface area contributed by atoms with E-state index in [1.165, 1.54) is 24.1 Å². The smallest absolute Gasteiger partial charge is 0.255 e. The van der Waals surface area contributed by atoms with Crippen LogP contribution in [0.5, 0.6) is 0 Å². The summed E-state index contributed by atoms with van der Waals surface area (Å²) in [5.41, 5.74) is -0.446. The second-order valence-corrected chi connectivity index (χ2v) is 9.23. The number of ether oxygens (including phenoxy) is 1. The van der Waals surface area contributed by atoms with E-state index in [1.54, 1.807) is 24.3 Å². The molecule has 2 atom stereocenters. The number of likely N-dealkylation sites (N-methyl/N-ethyl adjacent to an activating group) is 1. The van der Waals surface area contributed by atoms with Gasteiger partial charge in [-0.2, -0.15) is 0 Å². The molecular weight excluding hydrogens is 478 g/mol. The molecular formula is C26H30BFN4O5. The summed E-state index contributed by atoms with van der Waals surface area (Å²) in [6.45, 7) is 3.37. The van der Waals surface area contributed by atoms with Gasteiger partial charge >= 0.3 is 0 Å². The molecule has 3 N–H and O–H groups in total. The molecule has 2 aromatic rings. The predicted molar refractivity (Wildman–Crippen MR) is 135 cm³/mol. The van der Waals surface area contributed by atoms with Crippen LogP contribution in [0.2, 0.25) is 0 Å². The van der Waals surface area contributed by atoms with Gasteiger partial charge in [0.2, 0.25) is 5.91 Å². The van der Waals surface area contributed by atoms with Gasteiger partial charge in [0.25, 0.3) is 5.91 Å². The third kappa shape index (κ3) is 5.84. The topological polar surface area (TPSA) is 111 Å². The number of carbonyl (C=O) groups is 3. The fourth-order valence-corrected chi connectivity index (χ4v) is 4.80. The fourth-order valence-electron chi connectivity index (χ4n) is 4.80. The summed E-state index contributed by atoms with van der Waals surface area (Å²) in [4.78, 5) is 40.1. The molecule has 2 aliphatic rings. The summed E-state index contributed by atoms with van der Waals surface area (Å²) in [5, 5.41) is 16.5. The Morgan fingerprint density at radius 3 is 2.76 bits per heavy atom. The van der Waals surface area contributed by atoms with Crippen LogP contribution < -0.4 is 10.6 Å². The second-order valence-electron chi connectivity index (χ2n) is 9.23. The Hall–Kier alpha value is -3.28. The van der Waals surface area contributed by atoms with Gasteiger partial charge in [-0.3, -0.25) is 14.5 Å². The van der Waals surface area contributed by atoms with E-state index in [-0.39, 0.29) is 36.8 Å². The first kappa shape index (κ1) is 26.8. The molecule has 2 amide bonds. The number of benzene rings is 2. The maximum Gasteiger partial charge on any atom is 0.255 e. The van der Waals surface area contributed by atoms with Gasteiger partial charge in [0.1, 0.15) is 23.8 Å². The van der Waals surface area contributed by atoms with Gasteiger partial charge in [-0.1, -0.05) is 12.1 Å². The van der Waals surface area contributed by atoms with Crippen molar-refractivity contribution in [3.05, 3.63) is 64.5 Å². The van der Waals surface area contributed by atoms with E-state index in [4.69, 9.17) is 12.6 Å². The van der Waals surface area contributed by atoms with E-state index >= 15 is 0 Å². The maximum absolute atomic E-state index is 14.8. The van der Waals surface area contributed by atoms with E-state index in [2.05, 4.69) is 15.5 Å². The average Bonchev–Trinajstić information content (AvgIpc) is 3.22. The number of halogens is 1. The Balaban J connectivity index is 1.58. The van der Waals surface area contributed by atoms with Gasteiger partial charge < -0.3 is 30.2 Å². The van der Waals surface area contributed by atoms with Crippen molar-refractivity contribution >= 4 is 31.6 Å². The molecule has 0 saturated carbocycles. The van der Waals surface area contributed by atoms with Gasteiger partial charge in [0, 0.05) is 62.0 Å². The van der Waals surface area contributed by atoms with Crippen LogP contribution in [0.15, 0.2) is 36.4 Å². The highest BCUT2D eigenvalue weighted by Crippen LogP contribution is 2.34. The number of nitrogens with zero attached hydrogens (tertiary/aromatic N) is 2. The lowest BCUT2D eigenvalue weighted by atomic mass is 9.82. The lowest BCUT2D eigenvalue weighted by molar-refractivity contribution is -0.125. The van der Waals surface area contributed by atoms with Crippen molar-refractivity contribution in [3.63, 3.8) is 0 Å². The molecule has 2 aliphatic heterocycles. The summed E-state index contributed by atoms with van der Waals surface area (Å²) in [6.07, 6.45) is 0.993. The van der Waals surface area contributed by atoms with E-state index < -0.39 is 17.5 Å². The number of carbonyl (C=O) groups excluding carboxylic acids is 3. The second kappa shape index (κ2) is 11.4. The molecule has 1 saturated heterocycles. The van der Waals surface area contributed by atoms with Crippen LogP contribution >= 0.6 is 0 Å². The zero-order valence-electron chi connectivity index (χ0n) is 20.7. The Bertz CT molecular complexity index is 1170. The molecule has 0 bridgehead atoms. The van der Waals surface area contributed by atoms with Crippen LogP contribution in [-0.4, -0.2) is 80.2 Å². The number of hydrogen-bond donors (Lipinski definition) is 3. The monoisotopic (exact) mass is 508 g/mol. The number of amides is 2. The summed E-state index contributed by atoms with van der Waals surface area (Å²) in [6, 6.07) is 8.47. The standard InChI is InChI=1S/C26H30BFN4O5/c1-29-24(34)23(6-3-11-33)32-16-19-18(25(32)35)4-2-5-22(19)30-26(27,36)20-14-17(7-8-21(20)28)15-31-9-12-37-13-10-31/h2,4-5,7-8,11,14,23,30,36H,3,6,9-10,12-13,15-16H2,1H3,(H,29,34). The molecule has 37 heavy (non-hydrogen) atoms. The predicted octanol–water partition coefficient (Wildman–Crippen LogP) is 1.09. The Morgan fingerprint density at radius 2 is 2.05 bits per heavy atom. The summed E-state index contributed by atoms with van der Waals surface area (Å²) >= 11 is 0. The Morgan fingerprint density at radius 1 is 1.30 bits per heavy atom. The molecule has 0 aromatic heterocycles. The van der Waals surface area contributed by atoms with E-state index in [9.17, 15) is 23.9 Å². The van der Waals surface area contributed by atoms with Crippen molar-refractivity contribution in [2.45, 2.75) is 37.6 Å². The van der Waals surface area contributed by atoms with Crippen LogP contribution in [0.4, 0.5) is 10.1 Å². The summed E-state index contributed by atoms with van der Waals surface area (Å²) in [7, 11) is 7.67. The molecule has 2 heterocycles. The van der Waals surface area contributed by atoms with Crippen molar-refractivity contribution in [2.75, 3.05) is 38.7 Å². The highest BCUT2D eigenvalue weighted by atomic mass is 19.1. The van der Waals surface area contributed by atoms with Gasteiger partial charge in [0.15, 0.2) is 7.85 Å². The van der Waals surface area contributed by atoms with E-state index in [1.807, 2.05) is 0 Å². The van der Waals surface area contributed by atoms with Crippen molar-refractivity contribution in [1.29, 1.82) is 0 Å². The number of nitrogens with one attached hydrogen (secondary N) is 2. The summed E-state index contributed by atoms with van der Waals surface area (Å²) < 4.78 is 20.2. The molecule has 9 nitrogen and oxygen atoms in total. The van der Waals surface area contributed by atoms with Crippen LogP contribution in [0.1, 0.15) is 39.9 Å². The first-order valence-electron chi connectivity index (χ1n) is 12.2. The van der Waals surface area contributed by atoms with Gasteiger partial charge in [0.05, 0.1) is 13.2 Å². The molecule has 194 valence electrons. The average molecular weight is 508 g/mol. The number of morpholine rings is 1. The molecule has 2 unspecified atom stereocenters. The quantitative estimate of drug-likeness (QED) is 0.250. The number of aliphatic hydroxyl groups is 1. The Labute approximate surface area is 216 Å². The molecule has 1 fully saturated rings. The minimum absolute atomic E-state index is 0.0594. The van der Waals surface area contributed by atoms with Crippen LogP contribution in [0, 0.1) is 5.82 Å². The minimum Gasteiger partial charge on any atom is -0.379 e. The first-order valence-corrected chi connectivity index (χ1v) is 12.2. The van der Waals surface area contributed by atoms with Gasteiger partial charge in [-0.05, 0) is 36.2 Å². The van der Waals surface area contributed by atoms with Gasteiger partial charge in [-0.25, -0.2) is 4.39 Å². The van der Waals surface area contributed by atoms with Crippen molar-refractivity contribution in [1.82, 2.24) is 15.1 Å². The Kier molecular flexibility index (Phi) is 8.26. The fraction of sp³-hybridized carbons (Fsp3) is 0.423. The number of rotatable bonds is 10. The molecule has 4 rings (SSSR count). The molecule has 0 aliphatic carbocycles. The van der Waals surface area contributed by atoms with Gasteiger partial charge in [-0.15, -0.1) is 0 Å². The molecule has 11 heteroatoms. The first-order chi connectivity index (χ1) is 17.7. The molecule has 0 spiro atoms. The van der Waals surface area contributed by atoms with E-state index in [0.29, 0.717) is 42.9 Å². The van der Waals surface area contributed by atoms with Crippen LogP contribution in [0.25, 0.3) is 0 Å². The lowest BCUT2D eigenvalue weighted by Gasteiger charge is -2.31. The molecule has 2 radical (unpaired) electrons. The third-order valence-electron chi connectivity index (χ3n) is 6.76.